The number of amides is 2. The summed E-state index contributed by atoms with van der Waals surface area (Å²) >= 11 is 0.767. The number of pyridine rings is 1. The van der Waals surface area contributed by atoms with Crippen LogP contribution in [0.2, 0.25) is 0 Å². The molecule has 180 valence electrons. The summed E-state index contributed by atoms with van der Waals surface area (Å²) in [6, 6.07) is 0.872. The van der Waals surface area contributed by atoms with Crippen LogP contribution in [0.3, 0.4) is 0 Å². The van der Waals surface area contributed by atoms with E-state index >= 15 is 0 Å². The SMILES string of the molecule is CCNC(=O)c1nc(C(=O)N2CCCC2C)c(-c2cnc(NC(C)(C)C)cc2C(F)(F)F)s1. The Labute approximate surface area is 194 Å². The lowest BCUT2D eigenvalue weighted by Crippen LogP contribution is -2.34. The van der Waals surface area contributed by atoms with Gasteiger partial charge in [0.1, 0.15) is 11.5 Å². The zero-order chi connectivity index (χ0) is 24.6. The van der Waals surface area contributed by atoms with E-state index in [2.05, 4.69) is 20.6 Å². The highest BCUT2D eigenvalue weighted by Crippen LogP contribution is 2.42. The highest BCUT2D eigenvalue weighted by atomic mass is 32.1. The second kappa shape index (κ2) is 9.28. The van der Waals surface area contributed by atoms with E-state index in [9.17, 15) is 22.8 Å². The number of carbonyl (C=O) groups excluding carboxylic acids is 2. The Kier molecular flexibility index (Phi) is 7.01. The zero-order valence-corrected chi connectivity index (χ0v) is 20.1. The third kappa shape index (κ3) is 5.63. The summed E-state index contributed by atoms with van der Waals surface area (Å²) in [5.74, 6) is -0.954. The van der Waals surface area contributed by atoms with Crippen molar-refractivity contribution in [1.82, 2.24) is 20.2 Å². The van der Waals surface area contributed by atoms with E-state index in [1.54, 1.807) is 11.8 Å². The summed E-state index contributed by atoms with van der Waals surface area (Å²) in [6.07, 6.45) is -2.01. The maximum Gasteiger partial charge on any atom is 0.417 e. The molecule has 2 aromatic rings. The minimum absolute atomic E-state index is 0.0116. The number of nitrogens with one attached hydrogen (secondary N) is 2. The maximum absolute atomic E-state index is 14.1. The normalized spacial score (nSPS) is 16.7. The molecule has 0 bridgehead atoms. The number of thiazole rings is 1. The summed E-state index contributed by atoms with van der Waals surface area (Å²) < 4.78 is 42.2. The summed E-state index contributed by atoms with van der Waals surface area (Å²) in [6.45, 7) is 9.85. The van der Waals surface area contributed by atoms with Crippen molar-refractivity contribution in [3.8, 4) is 10.4 Å². The third-order valence-corrected chi connectivity index (χ3v) is 6.22. The number of alkyl halides is 3. The second-order valence-electron chi connectivity index (χ2n) is 9.03. The van der Waals surface area contributed by atoms with Crippen LogP contribution in [0.4, 0.5) is 19.0 Å². The van der Waals surface area contributed by atoms with Crippen molar-refractivity contribution >= 4 is 29.0 Å². The van der Waals surface area contributed by atoms with Crippen LogP contribution in [0.15, 0.2) is 12.3 Å². The number of hydrogen-bond donors (Lipinski definition) is 2. The standard InChI is InChI=1S/C22H28F3N5O2S/c1-6-26-18(31)19-28-16(20(32)30-9-7-8-12(30)2)17(33-19)13-11-27-15(29-21(3,4)5)10-14(13)22(23,24)25/h10-12H,6-9H2,1-5H3,(H,26,31)(H,27,29). The number of carbonyl (C=O) groups is 2. The van der Waals surface area contributed by atoms with Gasteiger partial charge in [0.15, 0.2) is 5.01 Å². The molecular weight excluding hydrogens is 455 g/mol. The topological polar surface area (TPSA) is 87.2 Å². The summed E-state index contributed by atoms with van der Waals surface area (Å²) in [7, 11) is 0. The summed E-state index contributed by atoms with van der Waals surface area (Å²) in [5.41, 5.74) is -1.87. The molecule has 0 aliphatic carbocycles. The Morgan fingerprint density at radius 1 is 1.27 bits per heavy atom. The highest BCUT2D eigenvalue weighted by Gasteiger charge is 2.38. The number of rotatable bonds is 5. The molecule has 2 aromatic heterocycles. The second-order valence-corrected chi connectivity index (χ2v) is 10.0. The molecule has 3 heterocycles. The first-order chi connectivity index (χ1) is 15.3. The molecule has 2 N–H and O–H groups in total. The Morgan fingerprint density at radius 3 is 2.52 bits per heavy atom. The van der Waals surface area contributed by atoms with Crippen LogP contribution in [-0.4, -0.2) is 51.4 Å². The molecule has 33 heavy (non-hydrogen) atoms. The van der Waals surface area contributed by atoms with E-state index in [4.69, 9.17) is 0 Å². The predicted molar refractivity (Wildman–Crippen MR) is 121 cm³/mol. The highest BCUT2D eigenvalue weighted by molar-refractivity contribution is 7.17. The van der Waals surface area contributed by atoms with Crippen molar-refractivity contribution in [1.29, 1.82) is 0 Å². The number of halogens is 3. The van der Waals surface area contributed by atoms with Gasteiger partial charge in [-0.25, -0.2) is 9.97 Å². The van der Waals surface area contributed by atoms with Crippen molar-refractivity contribution in [2.75, 3.05) is 18.4 Å². The average Bonchev–Trinajstić information content (AvgIpc) is 3.32. The number of likely N-dealkylation sites (tertiary alicyclic amines) is 1. The van der Waals surface area contributed by atoms with Crippen LogP contribution >= 0.6 is 11.3 Å². The molecule has 0 aromatic carbocycles. The van der Waals surface area contributed by atoms with Crippen molar-refractivity contribution in [3.05, 3.63) is 28.5 Å². The lowest BCUT2D eigenvalue weighted by molar-refractivity contribution is -0.137. The number of aromatic nitrogens is 2. The lowest BCUT2D eigenvalue weighted by atomic mass is 10.1. The molecule has 0 radical (unpaired) electrons. The zero-order valence-electron chi connectivity index (χ0n) is 19.3. The molecule has 2 amide bonds. The molecule has 3 rings (SSSR count). The average molecular weight is 484 g/mol. The van der Waals surface area contributed by atoms with E-state index in [-0.39, 0.29) is 33.0 Å². The molecule has 1 aliphatic heterocycles. The monoisotopic (exact) mass is 483 g/mol. The van der Waals surface area contributed by atoms with Crippen molar-refractivity contribution < 1.29 is 22.8 Å². The minimum atomic E-state index is -4.70. The van der Waals surface area contributed by atoms with Crippen LogP contribution in [0.5, 0.6) is 0 Å². The molecule has 0 saturated carbocycles. The number of hydrogen-bond acceptors (Lipinski definition) is 6. The van der Waals surface area contributed by atoms with Gasteiger partial charge in [0.25, 0.3) is 11.8 Å². The molecule has 1 unspecified atom stereocenters. The van der Waals surface area contributed by atoms with Crippen LogP contribution in [-0.2, 0) is 6.18 Å². The Bertz CT molecular complexity index is 1050. The first kappa shape index (κ1) is 24.9. The fraction of sp³-hybridized carbons (Fsp3) is 0.545. The van der Waals surface area contributed by atoms with Gasteiger partial charge in [0.2, 0.25) is 0 Å². The molecule has 7 nitrogen and oxygen atoms in total. The van der Waals surface area contributed by atoms with Crippen molar-refractivity contribution in [3.63, 3.8) is 0 Å². The van der Waals surface area contributed by atoms with Gasteiger partial charge in [-0.15, -0.1) is 11.3 Å². The third-order valence-electron chi connectivity index (χ3n) is 5.13. The number of anilines is 1. The van der Waals surface area contributed by atoms with Crippen LogP contribution in [0.25, 0.3) is 10.4 Å². The first-order valence-electron chi connectivity index (χ1n) is 10.8. The summed E-state index contributed by atoms with van der Waals surface area (Å²) in [4.78, 5) is 35.6. The maximum atomic E-state index is 14.1. The van der Waals surface area contributed by atoms with Gasteiger partial charge >= 0.3 is 6.18 Å². The fourth-order valence-corrected chi connectivity index (χ4v) is 4.67. The Morgan fingerprint density at radius 2 is 1.97 bits per heavy atom. The number of nitrogens with zero attached hydrogens (tertiary/aromatic N) is 3. The summed E-state index contributed by atoms with van der Waals surface area (Å²) in [5, 5.41) is 5.46. The quantitative estimate of drug-likeness (QED) is 0.638. The van der Waals surface area contributed by atoms with Crippen molar-refractivity contribution in [2.24, 2.45) is 0 Å². The van der Waals surface area contributed by atoms with E-state index < -0.39 is 29.1 Å². The van der Waals surface area contributed by atoms with Gasteiger partial charge < -0.3 is 15.5 Å². The van der Waals surface area contributed by atoms with E-state index in [1.807, 2.05) is 27.7 Å². The predicted octanol–water partition coefficient (Wildman–Crippen LogP) is 4.81. The van der Waals surface area contributed by atoms with Gasteiger partial charge in [-0.2, -0.15) is 13.2 Å². The molecule has 1 fully saturated rings. The smallest absolute Gasteiger partial charge is 0.365 e. The van der Waals surface area contributed by atoms with Crippen LogP contribution in [0, 0.1) is 0 Å². The van der Waals surface area contributed by atoms with E-state index in [0.29, 0.717) is 13.1 Å². The minimum Gasteiger partial charge on any atom is -0.365 e. The van der Waals surface area contributed by atoms with Crippen LogP contribution < -0.4 is 10.6 Å². The lowest BCUT2D eigenvalue weighted by Gasteiger charge is -2.23. The Hall–Kier alpha value is -2.69. The largest absolute Gasteiger partial charge is 0.417 e. The molecule has 1 aliphatic rings. The van der Waals surface area contributed by atoms with E-state index in [1.165, 1.54) is 0 Å². The van der Waals surface area contributed by atoms with Gasteiger partial charge in [0.05, 0.1) is 10.4 Å². The van der Waals surface area contributed by atoms with Gasteiger partial charge in [0, 0.05) is 36.4 Å². The first-order valence-corrected chi connectivity index (χ1v) is 11.6. The Balaban J connectivity index is 2.17. The van der Waals surface area contributed by atoms with Gasteiger partial charge in [-0.05, 0) is 53.5 Å². The molecule has 0 spiro atoms. The molecular formula is C22H28F3N5O2S. The van der Waals surface area contributed by atoms with Gasteiger partial charge in [-0.1, -0.05) is 0 Å². The fourth-order valence-electron chi connectivity index (χ4n) is 3.68. The van der Waals surface area contributed by atoms with Crippen LogP contribution in [0.1, 0.15) is 73.3 Å². The molecule has 1 saturated heterocycles. The molecule has 1 atom stereocenters. The molecule has 11 heteroatoms. The van der Waals surface area contributed by atoms with Crippen molar-refractivity contribution in [2.45, 2.75) is 65.2 Å². The van der Waals surface area contributed by atoms with E-state index in [0.717, 1.165) is 36.4 Å². The van der Waals surface area contributed by atoms with Gasteiger partial charge in [-0.3, -0.25) is 9.59 Å².